The Balaban J connectivity index is 1.44. The first-order valence-corrected chi connectivity index (χ1v) is 10.0. The Morgan fingerprint density at radius 3 is 2.58 bits per heavy atom. The number of anilines is 1. The van der Waals surface area contributed by atoms with Gasteiger partial charge in [0.05, 0.1) is 0 Å². The molecule has 0 atom stereocenters. The fourth-order valence-electron chi connectivity index (χ4n) is 2.16. The van der Waals surface area contributed by atoms with Crippen LogP contribution in [-0.2, 0) is 17.0 Å². The van der Waals surface area contributed by atoms with Gasteiger partial charge in [-0.25, -0.2) is 0 Å². The first-order valence-electron chi connectivity index (χ1n) is 8.25. The van der Waals surface area contributed by atoms with Crippen molar-refractivity contribution in [2.75, 3.05) is 11.9 Å². The van der Waals surface area contributed by atoms with Gasteiger partial charge in [0.25, 0.3) is 5.91 Å². The highest BCUT2D eigenvalue weighted by molar-refractivity contribution is 8.00. The van der Waals surface area contributed by atoms with Crippen LogP contribution in [0.4, 0.5) is 5.13 Å². The summed E-state index contributed by atoms with van der Waals surface area (Å²) in [4.78, 5) is 12.0. The van der Waals surface area contributed by atoms with Gasteiger partial charge in [-0.1, -0.05) is 72.5 Å². The molecule has 1 N–H and O–H groups in total. The van der Waals surface area contributed by atoms with Crippen LogP contribution in [0.3, 0.4) is 0 Å². The lowest BCUT2D eigenvalue weighted by Crippen LogP contribution is -2.20. The number of amides is 1. The lowest BCUT2D eigenvalue weighted by atomic mass is 10.2. The number of thioether (sulfide) groups is 1. The summed E-state index contributed by atoms with van der Waals surface area (Å²) >= 11 is 2.96. The molecule has 0 bridgehead atoms. The quantitative estimate of drug-likeness (QED) is 0.460. The maximum atomic E-state index is 12.0. The van der Waals surface area contributed by atoms with E-state index in [1.807, 2.05) is 42.5 Å². The number of aromatic nitrogens is 2. The van der Waals surface area contributed by atoms with Gasteiger partial charge < -0.3 is 4.74 Å². The molecule has 1 heterocycles. The van der Waals surface area contributed by atoms with Crippen LogP contribution >= 0.6 is 23.1 Å². The van der Waals surface area contributed by atoms with Crippen LogP contribution < -0.4 is 10.1 Å². The Kier molecular flexibility index (Phi) is 6.62. The van der Waals surface area contributed by atoms with Crippen molar-refractivity contribution in [1.29, 1.82) is 0 Å². The molecular formula is C19H19N3O2S2. The van der Waals surface area contributed by atoms with E-state index in [0.29, 0.717) is 10.9 Å². The van der Waals surface area contributed by atoms with Gasteiger partial charge in [0.15, 0.2) is 10.9 Å². The second-order valence-corrected chi connectivity index (χ2v) is 7.68. The zero-order chi connectivity index (χ0) is 18.2. The molecule has 7 heteroatoms. The highest BCUT2D eigenvalue weighted by Crippen LogP contribution is 2.28. The van der Waals surface area contributed by atoms with E-state index >= 15 is 0 Å². The number of benzene rings is 2. The Hall–Kier alpha value is -2.38. The van der Waals surface area contributed by atoms with Gasteiger partial charge >= 0.3 is 0 Å². The fraction of sp³-hybridized carbons (Fsp3) is 0.211. The number of nitrogens with zero attached hydrogens (tertiary/aromatic N) is 2. The van der Waals surface area contributed by atoms with E-state index in [0.717, 1.165) is 16.5 Å². The molecule has 0 unspecified atom stereocenters. The number of ether oxygens (including phenoxy) is 1. The second-order valence-electron chi connectivity index (χ2n) is 5.48. The van der Waals surface area contributed by atoms with Gasteiger partial charge in [-0.2, -0.15) is 0 Å². The largest absolute Gasteiger partial charge is 0.484 e. The summed E-state index contributed by atoms with van der Waals surface area (Å²) in [6.45, 7) is 2.04. The fourth-order valence-corrected chi connectivity index (χ4v) is 3.89. The molecule has 134 valence electrons. The molecule has 2 aromatic carbocycles. The van der Waals surface area contributed by atoms with Crippen molar-refractivity contribution in [3.63, 3.8) is 0 Å². The van der Waals surface area contributed by atoms with Crippen molar-refractivity contribution < 1.29 is 9.53 Å². The van der Waals surface area contributed by atoms with Gasteiger partial charge in [0.2, 0.25) is 5.13 Å². The summed E-state index contributed by atoms with van der Waals surface area (Å²) in [6, 6.07) is 17.9. The number of nitrogens with one attached hydrogen (secondary N) is 1. The molecule has 0 fully saturated rings. The van der Waals surface area contributed by atoms with Crippen molar-refractivity contribution in [1.82, 2.24) is 10.2 Å². The Bertz CT molecular complexity index is 836. The van der Waals surface area contributed by atoms with Crippen molar-refractivity contribution in [2.24, 2.45) is 0 Å². The first-order chi connectivity index (χ1) is 12.7. The van der Waals surface area contributed by atoms with Gasteiger partial charge in [0, 0.05) is 5.75 Å². The topological polar surface area (TPSA) is 64.1 Å². The third kappa shape index (κ3) is 5.57. The minimum Gasteiger partial charge on any atom is -0.484 e. The molecule has 0 aliphatic carbocycles. The predicted molar refractivity (Wildman–Crippen MR) is 106 cm³/mol. The van der Waals surface area contributed by atoms with Crippen molar-refractivity contribution in [3.8, 4) is 5.75 Å². The molecule has 0 radical (unpaired) electrons. The molecule has 0 aliphatic rings. The summed E-state index contributed by atoms with van der Waals surface area (Å²) < 4.78 is 6.31. The zero-order valence-corrected chi connectivity index (χ0v) is 16.0. The smallest absolute Gasteiger partial charge is 0.264 e. The van der Waals surface area contributed by atoms with Gasteiger partial charge in [0.1, 0.15) is 5.75 Å². The number of aryl methyl sites for hydroxylation is 1. The van der Waals surface area contributed by atoms with Crippen molar-refractivity contribution in [3.05, 3.63) is 65.7 Å². The average Bonchev–Trinajstić information content (AvgIpc) is 3.13. The molecule has 3 rings (SSSR count). The Labute approximate surface area is 160 Å². The molecule has 0 spiro atoms. The highest BCUT2D eigenvalue weighted by atomic mass is 32.2. The lowest BCUT2D eigenvalue weighted by molar-refractivity contribution is -0.118. The third-order valence-electron chi connectivity index (χ3n) is 3.56. The van der Waals surface area contributed by atoms with Crippen LogP contribution in [0.1, 0.15) is 18.1 Å². The monoisotopic (exact) mass is 385 g/mol. The van der Waals surface area contributed by atoms with Crippen LogP contribution in [0.15, 0.2) is 58.9 Å². The zero-order valence-electron chi connectivity index (χ0n) is 14.3. The standard InChI is InChI=1S/C19H19N3O2S2/c1-2-14-8-10-16(11-9-14)24-12-17(23)20-18-21-22-19(26-18)25-13-15-6-4-3-5-7-15/h3-11H,2,12-13H2,1H3,(H,20,21,23). The molecule has 1 amide bonds. The van der Waals surface area contributed by atoms with Crippen LogP contribution in [0.2, 0.25) is 0 Å². The van der Waals surface area contributed by atoms with E-state index in [2.05, 4.69) is 34.6 Å². The van der Waals surface area contributed by atoms with E-state index < -0.39 is 0 Å². The molecular weight excluding hydrogens is 366 g/mol. The maximum absolute atomic E-state index is 12.0. The Morgan fingerprint density at radius 1 is 1.08 bits per heavy atom. The molecule has 3 aromatic rings. The number of carbonyl (C=O) groups is 1. The summed E-state index contributed by atoms with van der Waals surface area (Å²) in [6.07, 6.45) is 0.975. The van der Waals surface area contributed by atoms with E-state index in [-0.39, 0.29) is 12.5 Å². The maximum Gasteiger partial charge on any atom is 0.264 e. The third-order valence-corrected chi connectivity index (χ3v) is 5.60. The molecule has 26 heavy (non-hydrogen) atoms. The number of rotatable bonds is 8. The van der Waals surface area contributed by atoms with Crippen LogP contribution in [0, 0.1) is 0 Å². The van der Waals surface area contributed by atoms with E-state index in [9.17, 15) is 4.79 Å². The van der Waals surface area contributed by atoms with E-state index in [1.54, 1.807) is 11.8 Å². The minimum absolute atomic E-state index is 0.0580. The molecule has 0 saturated heterocycles. The van der Waals surface area contributed by atoms with Crippen LogP contribution in [0.25, 0.3) is 0 Å². The summed E-state index contributed by atoms with van der Waals surface area (Å²) in [5.41, 5.74) is 2.46. The second kappa shape index (κ2) is 9.35. The first kappa shape index (κ1) is 18.4. The van der Waals surface area contributed by atoms with Crippen molar-refractivity contribution >= 4 is 34.1 Å². The summed E-state index contributed by atoms with van der Waals surface area (Å²) in [5.74, 6) is 1.24. The molecule has 0 saturated carbocycles. The Morgan fingerprint density at radius 2 is 1.85 bits per heavy atom. The number of carbonyl (C=O) groups excluding carboxylic acids is 1. The SMILES string of the molecule is CCc1ccc(OCC(=O)Nc2nnc(SCc3ccccc3)s2)cc1. The lowest BCUT2D eigenvalue weighted by Gasteiger charge is -2.06. The van der Waals surface area contributed by atoms with E-state index in [4.69, 9.17) is 4.74 Å². The van der Waals surface area contributed by atoms with Crippen LogP contribution in [-0.4, -0.2) is 22.7 Å². The minimum atomic E-state index is -0.250. The van der Waals surface area contributed by atoms with Gasteiger partial charge in [-0.3, -0.25) is 10.1 Å². The van der Waals surface area contributed by atoms with Crippen molar-refractivity contribution in [2.45, 2.75) is 23.4 Å². The highest BCUT2D eigenvalue weighted by Gasteiger charge is 2.09. The summed E-state index contributed by atoms with van der Waals surface area (Å²) in [5, 5.41) is 11.3. The van der Waals surface area contributed by atoms with Gasteiger partial charge in [-0.05, 0) is 29.7 Å². The molecule has 1 aromatic heterocycles. The van der Waals surface area contributed by atoms with Gasteiger partial charge in [-0.15, -0.1) is 10.2 Å². The molecule has 0 aliphatic heterocycles. The normalized spacial score (nSPS) is 10.5. The molecule has 5 nitrogen and oxygen atoms in total. The number of hydrogen-bond donors (Lipinski definition) is 1. The summed E-state index contributed by atoms with van der Waals surface area (Å²) in [7, 11) is 0. The number of hydrogen-bond acceptors (Lipinski definition) is 6. The average molecular weight is 386 g/mol. The van der Waals surface area contributed by atoms with Crippen LogP contribution in [0.5, 0.6) is 5.75 Å². The van der Waals surface area contributed by atoms with E-state index in [1.165, 1.54) is 22.5 Å². The predicted octanol–water partition coefficient (Wildman–Crippen LogP) is 4.41.